The minimum atomic E-state index is -1.18. The van der Waals surface area contributed by atoms with Gasteiger partial charge in [0.05, 0.1) is 6.10 Å². The van der Waals surface area contributed by atoms with E-state index in [2.05, 4.69) is 0 Å². The number of aliphatic hydroxyl groups is 1. The van der Waals surface area contributed by atoms with Crippen LogP contribution in [0.3, 0.4) is 0 Å². The Morgan fingerprint density at radius 3 is 2.56 bits per heavy atom. The second-order valence-corrected chi connectivity index (χ2v) is 6.00. The number of carbonyl (C=O) groups is 1. The van der Waals surface area contributed by atoms with Crippen LogP contribution in [-0.4, -0.2) is 47.1 Å². The van der Waals surface area contributed by atoms with Gasteiger partial charge in [-0.2, -0.15) is 0 Å². The molecule has 0 saturated heterocycles. The summed E-state index contributed by atoms with van der Waals surface area (Å²) in [6.07, 6.45) is -0.568. The van der Waals surface area contributed by atoms with Crippen LogP contribution >= 0.6 is 0 Å². The molecule has 1 fully saturated rings. The van der Waals surface area contributed by atoms with Crippen LogP contribution in [0.15, 0.2) is 0 Å². The molecule has 0 aromatic rings. The Kier molecular flexibility index (Phi) is 4.96. The Hall–Kier alpha value is -0.840. The largest absolute Gasteiger partial charge is 0.444 e. The number of carbonyl (C=O) groups excluding carboxylic acids is 1. The average molecular weight is 261 g/mol. The first kappa shape index (κ1) is 15.2. The molecule has 0 heterocycles. The smallest absolute Gasteiger partial charge is 0.410 e. The van der Waals surface area contributed by atoms with E-state index in [-0.39, 0.29) is 12.5 Å². The number of aliphatic hydroxyl groups excluding tert-OH is 1. The third-order valence-corrected chi connectivity index (χ3v) is 3.18. The van der Waals surface area contributed by atoms with E-state index < -0.39 is 24.0 Å². The summed E-state index contributed by atoms with van der Waals surface area (Å²) < 4.78 is 18.6. The van der Waals surface area contributed by atoms with E-state index >= 15 is 0 Å². The third-order valence-electron chi connectivity index (χ3n) is 3.18. The molecule has 3 atom stereocenters. The summed E-state index contributed by atoms with van der Waals surface area (Å²) in [6.45, 7) is 5.41. The fourth-order valence-corrected chi connectivity index (χ4v) is 2.12. The first-order valence-electron chi connectivity index (χ1n) is 6.48. The second kappa shape index (κ2) is 5.87. The molecule has 0 aromatic carbocycles. The molecular weight excluding hydrogens is 237 g/mol. The molecule has 106 valence electrons. The first-order chi connectivity index (χ1) is 8.20. The summed E-state index contributed by atoms with van der Waals surface area (Å²) in [5.41, 5.74) is -0.544. The summed E-state index contributed by atoms with van der Waals surface area (Å²) in [6, 6.07) is -0.157. The molecule has 1 rings (SSSR count). The van der Waals surface area contributed by atoms with Crippen LogP contribution in [0.4, 0.5) is 9.18 Å². The standard InChI is InChI=1S/C13H24FNO3/c1-13(2,3)18-12(17)15(4)9-6-5-7-10(14)11(16)8-9/h9-11,16H,5-8H2,1-4H3/t9?,10-,11+/m0/s1. The first-order valence-corrected chi connectivity index (χ1v) is 6.48. The van der Waals surface area contributed by atoms with Gasteiger partial charge in [-0.3, -0.25) is 0 Å². The molecule has 0 bridgehead atoms. The van der Waals surface area contributed by atoms with Gasteiger partial charge in [-0.1, -0.05) is 0 Å². The lowest BCUT2D eigenvalue weighted by Crippen LogP contribution is -2.42. The summed E-state index contributed by atoms with van der Waals surface area (Å²) in [5, 5.41) is 9.64. The van der Waals surface area contributed by atoms with Crippen molar-refractivity contribution < 1.29 is 19.0 Å². The van der Waals surface area contributed by atoms with E-state index in [0.29, 0.717) is 19.3 Å². The predicted octanol–water partition coefficient (Wildman–Crippen LogP) is 2.49. The number of rotatable bonds is 1. The van der Waals surface area contributed by atoms with Crippen molar-refractivity contribution in [3.8, 4) is 0 Å². The average Bonchev–Trinajstić information content (AvgIpc) is 2.38. The van der Waals surface area contributed by atoms with Crippen LogP contribution in [0.1, 0.15) is 46.5 Å². The zero-order chi connectivity index (χ0) is 13.9. The molecule has 1 N–H and O–H groups in total. The minimum absolute atomic E-state index is 0.157. The van der Waals surface area contributed by atoms with Gasteiger partial charge >= 0.3 is 6.09 Å². The maximum absolute atomic E-state index is 13.4. The van der Waals surface area contributed by atoms with Gasteiger partial charge in [-0.05, 0) is 46.5 Å². The van der Waals surface area contributed by atoms with E-state index in [0.717, 1.165) is 0 Å². The number of amides is 1. The van der Waals surface area contributed by atoms with Crippen LogP contribution in [0.2, 0.25) is 0 Å². The van der Waals surface area contributed by atoms with Crippen LogP contribution in [0.5, 0.6) is 0 Å². The highest BCUT2D eigenvalue weighted by Crippen LogP contribution is 2.25. The minimum Gasteiger partial charge on any atom is -0.444 e. The van der Waals surface area contributed by atoms with Gasteiger partial charge < -0.3 is 14.7 Å². The molecule has 4 nitrogen and oxygen atoms in total. The zero-order valence-electron chi connectivity index (χ0n) is 11.6. The lowest BCUT2D eigenvalue weighted by molar-refractivity contribution is 0.0125. The van der Waals surface area contributed by atoms with E-state index in [4.69, 9.17) is 4.74 Å². The Morgan fingerprint density at radius 2 is 2.00 bits per heavy atom. The topological polar surface area (TPSA) is 49.8 Å². The van der Waals surface area contributed by atoms with Crippen LogP contribution in [0, 0.1) is 0 Å². The molecule has 1 saturated carbocycles. The lowest BCUT2D eigenvalue weighted by atomic mass is 10.1. The predicted molar refractivity (Wildman–Crippen MR) is 67.2 cm³/mol. The number of alkyl halides is 1. The second-order valence-electron chi connectivity index (χ2n) is 6.00. The van der Waals surface area contributed by atoms with Crippen molar-refractivity contribution in [2.45, 2.75) is 70.4 Å². The van der Waals surface area contributed by atoms with Crippen molar-refractivity contribution in [3.63, 3.8) is 0 Å². The van der Waals surface area contributed by atoms with Gasteiger partial charge in [0.1, 0.15) is 11.8 Å². The fourth-order valence-electron chi connectivity index (χ4n) is 2.12. The highest BCUT2D eigenvalue weighted by atomic mass is 19.1. The monoisotopic (exact) mass is 261 g/mol. The van der Waals surface area contributed by atoms with Gasteiger partial charge in [0, 0.05) is 13.1 Å². The Bertz CT molecular complexity index is 290. The molecule has 5 heteroatoms. The van der Waals surface area contributed by atoms with Crippen LogP contribution in [-0.2, 0) is 4.74 Å². The Balaban J connectivity index is 2.60. The SMILES string of the molecule is CN(C(=O)OC(C)(C)C)C1CCC[C@H](F)[C@H](O)C1. The molecule has 18 heavy (non-hydrogen) atoms. The molecule has 1 amide bonds. The molecule has 0 radical (unpaired) electrons. The molecule has 1 aliphatic carbocycles. The summed E-state index contributed by atoms with van der Waals surface area (Å²) in [4.78, 5) is 13.4. The van der Waals surface area contributed by atoms with E-state index in [9.17, 15) is 14.3 Å². The number of halogens is 1. The van der Waals surface area contributed by atoms with E-state index in [1.165, 1.54) is 4.90 Å². The van der Waals surface area contributed by atoms with Crippen molar-refractivity contribution in [1.29, 1.82) is 0 Å². The van der Waals surface area contributed by atoms with E-state index in [1.807, 2.05) is 0 Å². The van der Waals surface area contributed by atoms with Gasteiger partial charge in [0.25, 0.3) is 0 Å². The van der Waals surface area contributed by atoms with Crippen LogP contribution < -0.4 is 0 Å². The molecule has 1 unspecified atom stereocenters. The molecular formula is C13H24FNO3. The van der Waals surface area contributed by atoms with Crippen LogP contribution in [0.25, 0.3) is 0 Å². The Morgan fingerprint density at radius 1 is 1.39 bits per heavy atom. The quantitative estimate of drug-likeness (QED) is 0.738. The molecule has 0 aliphatic heterocycles. The van der Waals surface area contributed by atoms with Gasteiger partial charge in [-0.25, -0.2) is 9.18 Å². The van der Waals surface area contributed by atoms with Crippen molar-refractivity contribution in [3.05, 3.63) is 0 Å². The summed E-state index contributed by atoms with van der Waals surface area (Å²) in [7, 11) is 1.64. The fraction of sp³-hybridized carbons (Fsp3) is 0.923. The van der Waals surface area contributed by atoms with E-state index in [1.54, 1.807) is 27.8 Å². The molecule has 0 spiro atoms. The van der Waals surface area contributed by atoms with Crippen molar-refractivity contribution in [2.24, 2.45) is 0 Å². The Labute approximate surface area is 108 Å². The van der Waals surface area contributed by atoms with Gasteiger partial charge in [0.15, 0.2) is 0 Å². The van der Waals surface area contributed by atoms with Crippen molar-refractivity contribution in [1.82, 2.24) is 4.90 Å². The number of nitrogens with zero attached hydrogens (tertiary/aromatic N) is 1. The maximum Gasteiger partial charge on any atom is 0.410 e. The highest BCUT2D eigenvalue weighted by Gasteiger charge is 2.32. The van der Waals surface area contributed by atoms with Gasteiger partial charge in [0.2, 0.25) is 0 Å². The highest BCUT2D eigenvalue weighted by molar-refractivity contribution is 5.68. The summed E-state index contributed by atoms with van der Waals surface area (Å²) >= 11 is 0. The molecule has 0 aromatic heterocycles. The number of hydrogen-bond donors (Lipinski definition) is 1. The third kappa shape index (κ3) is 4.44. The molecule has 1 aliphatic rings. The van der Waals surface area contributed by atoms with Gasteiger partial charge in [-0.15, -0.1) is 0 Å². The maximum atomic E-state index is 13.4. The lowest BCUT2D eigenvalue weighted by Gasteiger charge is -2.30. The number of ether oxygens (including phenoxy) is 1. The number of hydrogen-bond acceptors (Lipinski definition) is 3. The zero-order valence-corrected chi connectivity index (χ0v) is 11.6. The van der Waals surface area contributed by atoms with Crippen molar-refractivity contribution >= 4 is 6.09 Å². The normalized spacial score (nSPS) is 29.6. The summed E-state index contributed by atoms with van der Waals surface area (Å²) in [5.74, 6) is 0. The van der Waals surface area contributed by atoms with Crippen molar-refractivity contribution in [2.75, 3.05) is 7.05 Å².